The van der Waals surface area contributed by atoms with Gasteiger partial charge in [0.2, 0.25) is 0 Å². The monoisotopic (exact) mass is 377 g/mol. The number of hydrogen-bond donors (Lipinski definition) is 1. The molecule has 0 aromatic heterocycles. The molecule has 0 aliphatic heterocycles. The van der Waals surface area contributed by atoms with Crippen molar-refractivity contribution in [3.63, 3.8) is 0 Å². The molecule has 3 rings (SSSR count). The minimum Gasteiger partial charge on any atom is -0.481 e. The lowest BCUT2D eigenvalue weighted by molar-refractivity contribution is -0.139. The topological polar surface area (TPSA) is 78.2 Å². The van der Waals surface area contributed by atoms with Crippen LogP contribution in [0.1, 0.15) is 36.1 Å². The summed E-state index contributed by atoms with van der Waals surface area (Å²) in [7, 11) is -1.03. The fourth-order valence-electron chi connectivity index (χ4n) is 3.41. The van der Waals surface area contributed by atoms with Crippen molar-refractivity contribution in [3.05, 3.63) is 70.3 Å². The SMILES string of the molecule is CC1=C(C(C)C(=O)O)c2cc(C#N)ccc2C1=Cc1ccc(S(C)=O)cc1. The Bertz CT molecular complexity index is 1060. The third-order valence-corrected chi connectivity index (χ3v) is 5.80. The molecule has 27 heavy (non-hydrogen) atoms. The van der Waals surface area contributed by atoms with Crippen molar-refractivity contribution in [1.29, 1.82) is 5.26 Å². The summed E-state index contributed by atoms with van der Waals surface area (Å²) in [5, 5.41) is 18.7. The first kappa shape index (κ1) is 18.8. The number of carboxylic acid groups (broad SMARTS) is 1. The molecule has 5 heteroatoms. The lowest BCUT2D eigenvalue weighted by Crippen LogP contribution is -2.11. The van der Waals surface area contributed by atoms with Gasteiger partial charge in [-0.3, -0.25) is 9.00 Å². The van der Waals surface area contributed by atoms with E-state index in [0.717, 1.165) is 38.3 Å². The Morgan fingerprint density at radius 2 is 1.85 bits per heavy atom. The molecule has 0 amide bonds. The minimum atomic E-state index is -1.03. The van der Waals surface area contributed by atoms with Crippen LogP contribution in [-0.4, -0.2) is 21.5 Å². The normalized spacial score (nSPS) is 16.7. The molecule has 4 nitrogen and oxygen atoms in total. The number of nitriles is 1. The van der Waals surface area contributed by atoms with Gasteiger partial charge in [-0.1, -0.05) is 18.2 Å². The van der Waals surface area contributed by atoms with Crippen LogP contribution in [-0.2, 0) is 15.6 Å². The molecule has 136 valence electrons. The molecule has 0 bridgehead atoms. The predicted molar refractivity (Wildman–Crippen MR) is 107 cm³/mol. The van der Waals surface area contributed by atoms with Gasteiger partial charge in [-0.25, -0.2) is 0 Å². The van der Waals surface area contributed by atoms with Gasteiger partial charge < -0.3 is 5.11 Å². The van der Waals surface area contributed by atoms with Crippen molar-refractivity contribution in [2.45, 2.75) is 18.7 Å². The summed E-state index contributed by atoms with van der Waals surface area (Å²) in [5.41, 5.74) is 5.77. The van der Waals surface area contributed by atoms with E-state index in [1.165, 1.54) is 0 Å². The maximum atomic E-state index is 11.6. The van der Waals surface area contributed by atoms with Crippen LogP contribution in [0, 0.1) is 17.2 Å². The van der Waals surface area contributed by atoms with Crippen LogP contribution in [0.3, 0.4) is 0 Å². The van der Waals surface area contributed by atoms with E-state index in [1.54, 1.807) is 25.3 Å². The fraction of sp³-hybridized carbons (Fsp3) is 0.182. The van der Waals surface area contributed by atoms with Crippen LogP contribution >= 0.6 is 0 Å². The van der Waals surface area contributed by atoms with E-state index in [2.05, 4.69) is 6.07 Å². The largest absolute Gasteiger partial charge is 0.481 e. The first-order valence-corrected chi connectivity index (χ1v) is 10.0. The van der Waals surface area contributed by atoms with Crippen LogP contribution in [0.4, 0.5) is 0 Å². The van der Waals surface area contributed by atoms with Gasteiger partial charge in [-0.2, -0.15) is 5.26 Å². The first-order chi connectivity index (χ1) is 12.8. The number of carbonyl (C=O) groups is 1. The first-order valence-electron chi connectivity index (χ1n) is 8.47. The van der Waals surface area contributed by atoms with Crippen LogP contribution in [0.2, 0.25) is 0 Å². The van der Waals surface area contributed by atoms with Gasteiger partial charge in [0, 0.05) is 22.0 Å². The molecule has 0 fully saturated rings. The Hall–Kier alpha value is -2.97. The number of benzene rings is 2. The summed E-state index contributed by atoms with van der Waals surface area (Å²) >= 11 is 0. The van der Waals surface area contributed by atoms with Crippen LogP contribution in [0.15, 0.2) is 52.9 Å². The van der Waals surface area contributed by atoms with E-state index < -0.39 is 22.7 Å². The van der Waals surface area contributed by atoms with Crippen LogP contribution < -0.4 is 0 Å². The van der Waals surface area contributed by atoms with E-state index >= 15 is 0 Å². The van der Waals surface area contributed by atoms with E-state index in [4.69, 9.17) is 0 Å². The average molecular weight is 377 g/mol. The van der Waals surface area contributed by atoms with Gasteiger partial charge in [0.1, 0.15) is 0 Å². The van der Waals surface area contributed by atoms with Crippen molar-refractivity contribution in [2.75, 3.05) is 6.26 Å². The zero-order valence-corrected chi connectivity index (χ0v) is 16.1. The standard InChI is InChI=1S/C22H19NO3S/c1-13-19(10-15-4-7-17(8-5-15)27(3)26)18-9-6-16(12-23)11-20(18)21(13)14(2)22(24)25/h4-11,14H,1-3H3,(H,24,25). The quantitative estimate of drug-likeness (QED) is 0.859. The van der Waals surface area contributed by atoms with Gasteiger partial charge >= 0.3 is 5.97 Å². The molecule has 2 atom stereocenters. The molecule has 0 saturated heterocycles. The Balaban J connectivity index is 2.17. The van der Waals surface area contributed by atoms with Crippen LogP contribution in [0.5, 0.6) is 0 Å². The second kappa shape index (κ2) is 7.34. The summed E-state index contributed by atoms with van der Waals surface area (Å²) in [6, 6.07) is 15.0. The highest BCUT2D eigenvalue weighted by Gasteiger charge is 2.30. The molecule has 1 aliphatic carbocycles. The van der Waals surface area contributed by atoms with Crippen molar-refractivity contribution in [1.82, 2.24) is 0 Å². The number of allylic oxidation sites excluding steroid dienone is 2. The number of fused-ring (bicyclic) bond motifs is 1. The molecular formula is C22H19NO3S. The summed E-state index contributed by atoms with van der Waals surface area (Å²) in [5.74, 6) is -1.57. The molecule has 2 unspecified atom stereocenters. The van der Waals surface area contributed by atoms with Gasteiger partial charge in [0.25, 0.3) is 0 Å². The molecule has 0 spiro atoms. The predicted octanol–water partition coefficient (Wildman–Crippen LogP) is 4.34. The fourth-order valence-corrected chi connectivity index (χ4v) is 3.93. The van der Waals surface area contributed by atoms with Gasteiger partial charge in [-0.15, -0.1) is 0 Å². The summed E-state index contributed by atoms with van der Waals surface area (Å²) in [6.07, 6.45) is 3.64. The van der Waals surface area contributed by atoms with Crippen molar-refractivity contribution in [2.24, 2.45) is 5.92 Å². The van der Waals surface area contributed by atoms with E-state index in [1.807, 2.05) is 43.3 Å². The third-order valence-electron chi connectivity index (χ3n) is 4.86. The second-order valence-corrected chi connectivity index (χ2v) is 7.93. The minimum absolute atomic E-state index is 0.507. The number of rotatable bonds is 4. The van der Waals surface area contributed by atoms with E-state index in [-0.39, 0.29) is 0 Å². The molecular weight excluding hydrogens is 358 g/mol. The van der Waals surface area contributed by atoms with Gasteiger partial charge in [0.05, 0.1) is 17.6 Å². The maximum absolute atomic E-state index is 11.6. The highest BCUT2D eigenvalue weighted by Crippen LogP contribution is 2.45. The highest BCUT2D eigenvalue weighted by atomic mass is 32.2. The number of carboxylic acids is 1. The van der Waals surface area contributed by atoms with E-state index in [9.17, 15) is 19.4 Å². The third kappa shape index (κ3) is 3.49. The Kier molecular flexibility index (Phi) is 5.11. The molecule has 1 N–H and O–H groups in total. The Morgan fingerprint density at radius 1 is 1.19 bits per heavy atom. The van der Waals surface area contributed by atoms with E-state index in [0.29, 0.717) is 5.56 Å². The zero-order chi connectivity index (χ0) is 19.7. The van der Waals surface area contributed by atoms with Gasteiger partial charge in [-0.05, 0) is 77.6 Å². The number of hydrogen-bond acceptors (Lipinski definition) is 3. The average Bonchev–Trinajstić information content (AvgIpc) is 2.92. The summed E-state index contributed by atoms with van der Waals surface area (Å²) in [4.78, 5) is 12.4. The zero-order valence-electron chi connectivity index (χ0n) is 15.3. The molecule has 0 heterocycles. The van der Waals surface area contributed by atoms with Gasteiger partial charge in [0.15, 0.2) is 0 Å². The van der Waals surface area contributed by atoms with Crippen molar-refractivity contribution in [3.8, 4) is 6.07 Å². The Morgan fingerprint density at radius 3 is 2.41 bits per heavy atom. The number of nitrogens with zero attached hydrogens (tertiary/aromatic N) is 1. The lowest BCUT2D eigenvalue weighted by atomic mass is 9.93. The van der Waals surface area contributed by atoms with Crippen molar-refractivity contribution >= 4 is 34.0 Å². The van der Waals surface area contributed by atoms with Crippen molar-refractivity contribution < 1.29 is 14.1 Å². The maximum Gasteiger partial charge on any atom is 0.310 e. The Labute approximate surface area is 160 Å². The molecule has 2 aromatic rings. The molecule has 1 aliphatic rings. The second-order valence-electron chi connectivity index (χ2n) is 6.55. The van der Waals surface area contributed by atoms with Crippen LogP contribution in [0.25, 0.3) is 17.2 Å². The summed E-state index contributed by atoms with van der Waals surface area (Å²) in [6.45, 7) is 3.58. The molecule has 0 saturated carbocycles. The molecule has 2 aromatic carbocycles. The lowest BCUT2D eigenvalue weighted by Gasteiger charge is -2.11. The molecule has 0 radical (unpaired) electrons. The highest BCUT2D eigenvalue weighted by molar-refractivity contribution is 7.84. The summed E-state index contributed by atoms with van der Waals surface area (Å²) < 4.78 is 11.6. The smallest absolute Gasteiger partial charge is 0.310 e. The number of aliphatic carboxylic acids is 1.